The molecular formula is C13H27NO2. The van der Waals surface area contributed by atoms with Crippen LogP contribution in [0.15, 0.2) is 0 Å². The molecule has 0 aromatic rings. The molecule has 1 aliphatic heterocycles. The second-order valence-electron chi connectivity index (χ2n) is 4.97. The Morgan fingerprint density at radius 1 is 1.19 bits per heavy atom. The predicted molar refractivity (Wildman–Crippen MR) is 64.8 cm³/mol. The van der Waals surface area contributed by atoms with Crippen LogP contribution in [0.4, 0.5) is 0 Å². The average Bonchev–Trinajstić information content (AvgIpc) is 2.64. The maximum absolute atomic E-state index is 9.49. The molecule has 1 aliphatic rings. The first-order chi connectivity index (χ1) is 7.54. The highest BCUT2D eigenvalue weighted by Gasteiger charge is 2.25. The van der Waals surface area contributed by atoms with E-state index in [0.717, 1.165) is 0 Å². The Balaban J connectivity index is 0.000000325. The van der Waals surface area contributed by atoms with Crippen molar-refractivity contribution in [2.45, 2.75) is 52.4 Å². The Bertz CT molecular complexity index is 186. The van der Waals surface area contributed by atoms with Gasteiger partial charge in [0.2, 0.25) is 0 Å². The van der Waals surface area contributed by atoms with Crippen molar-refractivity contribution in [3.05, 3.63) is 0 Å². The number of carboxylic acids is 1. The van der Waals surface area contributed by atoms with Crippen LogP contribution in [-0.4, -0.2) is 37.1 Å². The molecule has 1 fully saturated rings. The van der Waals surface area contributed by atoms with E-state index in [1.165, 1.54) is 49.8 Å². The number of hydrogen-bond donors (Lipinski definition) is 0. The zero-order valence-electron chi connectivity index (χ0n) is 11.1. The highest BCUT2D eigenvalue weighted by Crippen LogP contribution is 2.16. The molecule has 96 valence electrons. The molecule has 0 atom stereocenters. The lowest BCUT2D eigenvalue weighted by atomic mass is 10.3. The van der Waals surface area contributed by atoms with Gasteiger partial charge in [-0.2, -0.15) is 0 Å². The third kappa shape index (κ3) is 7.69. The van der Waals surface area contributed by atoms with Crippen LogP contribution >= 0.6 is 0 Å². The summed E-state index contributed by atoms with van der Waals surface area (Å²) in [7, 11) is 2.41. The molecule has 0 bridgehead atoms. The van der Waals surface area contributed by atoms with Crippen molar-refractivity contribution in [1.29, 1.82) is 0 Å². The Hall–Kier alpha value is -0.570. The highest BCUT2D eigenvalue weighted by molar-refractivity contribution is 5.63. The van der Waals surface area contributed by atoms with Gasteiger partial charge in [-0.3, -0.25) is 0 Å². The van der Waals surface area contributed by atoms with Crippen molar-refractivity contribution in [1.82, 2.24) is 0 Å². The zero-order chi connectivity index (χ0) is 12.4. The predicted octanol–water partition coefficient (Wildman–Crippen LogP) is 1.56. The summed E-state index contributed by atoms with van der Waals surface area (Å²) < 4.78 is 1.36. The van der Waals surface area contributed by atoms with Gasteiger partial charge in [-0.15, -0.1) is 0 Å². The molecule has 16 heavy (non-hydrogen) atoms. The molecule has 0 saturated carbocycles. The Labute approximate surface area is 100 Å². The van der Waals surface area contributed by atoms with E-state index in [1.54, 1.807) is 6.92 Å². The van der Waals surface area contributed by atoms with Gasteiger partial charge in [0.05, 0.1) is 26.7 Å². The van der Waals surface area contributed by atoms with Gasteiger partial charge in [0.15, 0.2) is 0 Å². The molecule has 0 unspecified atom stereocenters. The van der Waals surface area contributed by atoms with Crippen molar-refractivity contribution in [3.63, 3.8) is 0 Å². The van der Waals surface area contributed by atoms with Crippen LogP contribution in [-0.2, 0) is 4.79 Å². The fraction of sp³-hybridized carbons (Fsp3) is 0.923. The minimum Gasteiger partial charge on any atom is -0.550 e. The first-order valence-corrected chi connectivity index (χ1v) is 6.57. The fourth-order valence-electron chi connectivity index (χ4n) is 2.07. The van der Waals surface area contributed by atoms with E-state index in [0.29, 0.717) is 6.42 Å². The van der Waals surface area contributed by atoms with Crippen molar-refractivity contribution < 1.29 is 14.4 Å². The van der Waals surface area contributed by atoms with Crippen molar-refractivity contribution in [3.8, 4) is 0 Å². The molecule has 1 rings (SSSR count). The molecule has 0 N–H and O–H groups in total. The van der Waals surface area contributed by atoms with E-state index < -0.39 is 5.97 Å². The summed E-state index contributed by atoms with van der Waals surface area (Å²) in [6.45, 7) is 8.36. The Morgan fingerprint density at radius 3 is 2.06 bits per heavy atom. The second-order valence-corrected chi connectivity index (χ2v) is 4.97. The second kappa shape index (κ2) is 8.57. The van der Waals surface area contributed by atoms with Gasteiger partial charge in [0.25, 0.3) is 0 Å². The number of quaternary nitrogens is 1. The maximum Gasteiger partial charge on any atom is 0.0786 e. The van der Waals surface area contributed by atoms with Gasteiger partial charge in [0.1, 0.15) is 0 Å². The van der Waals surface area contributed by atoms with Crippen molar-refractivity contribution >= 4 is 5.97 Å². The van der Waals surface area contributed by atoms with E-state index in [-0.39, 0.29) is 6.42 Å². The molecule has 3 nitrogen and oxygen atoms in total. The third-order valence-electron chi connectivity index (χ3n) is 3.15. The summed E-state index contributed by atoms with van der Waals surface area (Å²) in [5.74, 6) is -0.961. The minimum absolute atomic E-state index is 0.181. The highest BCUT2D eigenvalue weighted by atomic mass is 16.4. The van der Waals surface area contributed by atoms with E-state index >= 15 is 0 Å². The third-order valence-corrected chi connectivity index (χ3v) is 3.15. The normalized spacial score (nSPS) is 17.7. The molecule has 3 heteroatoms. The molecule has 0 aliphatic carbocycles. The van der Waals surface area contributed by atoms with Gasteiger partial charge in [-0.1, -0.05) is 26.7 Å². The van der Waals surface area contributed by atoms with E-state index in [9.17, 15) is 9.90 Å². The summed E-state index contributed by atoms with van der Waals surface area (Å²) >= 11 is 0. The van der Waals surface area contributed by atoms with Gasteiger partial charge in [-0.05, 0) is 12.8 Å². The lowest BCUT2D eigenvalue weighted by Crippen LogP contribution is -2.41. The van der Waals surface area contributed by atoms with Crippen LogP contribution < -0.4 is 5.11 Å². The van der Waals surface area contributed by atoms with Crippen LogP contribution in [0.2, 0.25) is 0 Å². The van der Waals surface area contributed by atoms with E-state index in [2.05, 4.69) is 14.0 Å². The summed E-state index contributed by atoms with van der Waals surface area (Å²) in [5.41, 5.74) is 0. The number of nitrogens with zero attached hydrogens (tertiary/aromatic N) is 1. The summed E-state index contributed by atoms with van der Waals surface area (Å²) in [6.07, 6.45) is 6.53. The number of rotatable bonds is 5. The van der Waals surface area contributed by atoms with Crippen LogP contribution in [0.5, 0.6) is 0 Å². The van der Waals surface area contributed by atoms with Crippen LogP contribution in [0.3, 0.4) is 0 Å². The minimum atomic E-state index is -0.961. The molecule has 0 radical (unpaired) electrons. The Morgan fingerprint density at radius 2 is 1.75 bits per heavy atom. The van der Waals surface area contributed by atoms with Crippen LogP contribution in [0.25, 0.3) is 0 Å². The van der Waals surface area contributed by atoms with Crippen LogP contribution in [0.1, 0.15) is 52.4 Å². The maximum atomic E-state index is 9.49. The lowest BCUT2D eigenvalue weighted by Gasteiger charge is -2.28. The van der Waals surface area contributed by atoms with Crippen molar-refractivity contribution in [2.24, 2.45) is 0 Å². The first kappa shape index (κ1) is 15.4. The average molecular weight is 229 g/mol. The van der Waals surface area contributed by atoms with Gasteiger partial charge < -0.3 is 14.4 Å². The van der Waals surface area contributed by atoms with Gasteiger partial charge in [-0.25, -0.2) is 0 Å². The topological polar surface area (TPSA) is 40.1 Å². The Kier molecular flexibility index (Phi) is 8.26. The zero-order valence-corrected chi connectivity index (χ0v) is 11.1. The molecule has 1 saturated heterocycles. The first-order valence-electron chi connectivity index (χ1n) is 6.57. The number of aliphatic carboxylic acids is 1. The van der Waals surface area contributed by atoms with E-state index in [1.807, 2.05) is 0 Å². The number of carboxylic acid groups (broad SMARTS) is 1. The quantitative estimate of drug-likeness (QED) is 0.671. The molecule has 1 heterocycles. The molecule has 0 aromatic carbocycles. The molecular weight excluding hydrogens is 202 g/mol. The lowest BCUT2D eigenvalue weighted by molar-refractivity contribution is -0.897. The van der Waals surface area contributed by atoms with Crippen LogP contribution in [0, 0.1) is 0 Å². The summed E-state index contributed by atoms with van der Waals surface area (Å²) in [6, 6.07) is 0. The van der Waals surface area contributed by atoms with Gasteiger partial charge >= 0.3 is 0 Å². The fourth-order valence-corrected chi connectivity index (χ4v) is 2.07. The molecule has 0 aromatic heterocycles. The van der Waals surface area contributed by atoms with E-state index in [4.69, 9.17) is 0 Å². The van der Waals surface area contributed by atoms with Crippen molar-refractivity contribution in [2.75, 3.05) is 26.7 Å². The molecule has 0 spiro atoms. The smallest absolute Gasteiger partial charge is 0.0786 e. The standard InChI is InChI=1S/C9H20N.C4H8O2/c1-3-4-7-10(2)8-5-6-9-10;1-2-3-4(5)6/h3-9H2,1-2H3;2-3H2,1H3,(H,5,6)/q+1;/p-1. The number of likely N-dealkylation sites (tertiary alicyclic amines) is 1. The number of unbranched alkanes of at least 4 members (excludes halogenated alkanes) is 1. The number of hydrogen-bond acceptors (Lipinski definition) is 2. The SMILES string of the molecule is CCCC(=O)[O-].CCCC[N+]1(C)CCCC1. The number of carbonyl (C=O) groups is 1. The molecule has 0 amide bonds. The summed E-state index contributed by atoms with van der Waals surface area (Å²) in [4.78, 5) is 9.49. The van der Waals surface area contributed by atoms with Gasteiger partial charge in [0, 0.05) is 18.8 Å². The largest absolute Gasteiger partial charge is 0.550 e. The summed E-state index contributed by atoms with van der Waals surface area (Å²) in [5, 5.41) is 9.49. The number of carbonyl (C=O) groups excluding carboxylic acids is 1. The monoisotopic (exact) mass is 229 g/mol.